The molecule has 0 aliphatic carbocycles. The van der Waals surface area contributed by atoms with Gasteiger partial charge in [0.05, 0.1) is 11.8 Å². The quantitative estimate of drug-likeness (QED) is 0.822. The predicted octanol–water partition coefficient (Wildman–Crippen LogP) is 2.11. The molecule has 0 aliphatic heterocycles. The summed E-state index contributed by atoms with van der Waals surface area (Å²) in [7, 11) is 1.82. The summed E-state index contributed by atoms with van der Waals surface area (Å²) in [6.45, 7) is 6.68. The van der Waals surface area contributed by atoms with Crippen LogP contribution in [0, 0.1) is 12.3 Å². The number of aromatic nitrogens is 2. The van der Waals surface area contributed by atoms with Crippen LogP contribution in [0.15, 0.2) is 6.20 Å². The highest BCUT2D eigenvalue weighted by molar-refractivity contribution is 6.17. The van der Waals surface area contributed by atoms with Crippen LogP contribution >= 0.6 is 11.6 Å². The van der Waals surface area contributed by atoms with Crippen molar-refractivity contribution in [1.29, 1.82) is 0 Å². The van der Waals surface area contributed by atoms with Gasteiger partial charge < -0.3 is 5.32 Å². The summed E-state index contributed by atoms with van der Waals surface area (Å²) < 4.78 is 1.69. The van der Waals surface area contributed by atoms with Crippen LogP contribution in [-0.2, 0) is 7.05 Å². The van der Waals surface area contributed by atoms with E-state index in [0.717, 1.165) is 12.1 Å². The SMILES string of the molecule is Cc1c(C(=O)NCC(C)(C)CCCl)cnn1C. The Bertz CT molecular complexity index is 398. The first-order valence-corrected chi connectivity index (χ1v) is 6.23. The number of amides is 1. The second-order valence-corrected chi connectivity index (χ2v) is 5.43. The van der Waals surface area contributed by atoms with Gasteiger partial charge in [-0.15, -0.1) is 11.6 Å². The lowest BCUT2D eigenvalue weighted by Crippen LogP contribution is -2.34. The van der Waals surface area contributed by atoms with Gasteiger partial charge in [-0.1, -0.05) is 13.8 Å². The monoisotopic (exact) mass is 257 g/mol. The zero-order valence-corrected chi connectivity index (χ0v) is 11.6. The lowest BCUT2D eigenvalue weighted by atomic mass is 9.90. The van der Waals surface area contributed by atoms with E-state index in [1.54, 1.807) is 10.9 Å². The maximum absolute atomic E-state index is 11.9. The van der Waals surface area contributed by atoms with Crippen LogP contribution in [0.4, 0.5) is 0 Å². The van der Waals surface area contributed by atoms with Crippen LogP contribution in [0.25, 0.3) is 0 Å². The van der Waals surface area contributed by atoms with Crippen molar-refractivity contribution < 1.29 is 4.79 Å². The predicted molar refractivity (Wildman–Crippen MR) is 69.4 cm³/mol. The molecule has 96 valence electrons. The van der Waals surface area contributed by atoms with Crippen molar-refractivity contribution in [3.63, 3.8) is 0 Å². The molecule has 1 aromatic heterocycles. The maximum Gasteiger partial charge on any atom is 0.254 e. The molecule has 0 saturated heterocycles. The van der Waals surface area contributed by atoms with E-state index in [2.05, 4.69) is 24.3 Å². The minimum Gasteiger partial charge on any atom is -0.351 e. The van der Waals surface area contributed by atoms with E-state index >= 15 is 0 Å². The second-order valence-electron chi connectivity index (χ2n) is 5.05. The molecule has 0 atom stereocenters. The molecule has 0 saturated carbocycles. The molecule has 1 rings (SSSR count). The van der Waals surface area contributed by atoms with Gasteiger partial charge in [-0.05, 0) is 18.8 Å². The lowest BCUT2D eigenvalue weighted by molar-refractivity contribution is 0.0935. The summed E-state index contributed by atoms with van der Waals surface area (Å²) in [6.07, 6.45) is 2.47. The first kappa shape index (κ1) is 14.0. The Morgan fingerprint density at radius 3 is 2.71 bits per heavy atom. The van der Waals surface area contributed by atoms with Crippen molar-refractivity contribution in [2.24, 2.45) is 12.5 Å². The van der Waals surface area contributed by atoms with Crippen molar-refractivity contribution in [1.82, 2.24) is 15.1 Å². The number of rotatable bonds is 5. The van der Waals surface area contributed by atoms with Gasteiger partial charge in [0, 0.05) is 25.2 Å². The minimum atomic E-state index is -0.0711. The summed E-state index contributed by atoms with van der Waals surface area (Å²) in [5.41, 5.74) is 1.53. The van der Waals surface area contributed by atoms with Gasteiger partial charge in [-0.25, -0.2) is 0 Å². The van der Waals surface area contributed by atoms with E-state index in [0.29, 0.717) is 18.0 Å². The normalized spacial score (nSPS) is 11.6. The molecule has 1 heterocycles. The Morgan fingerprint density at radius 1 is 1.59 bits per heavy atom. The minimum absolute atomic E-state index is 0.0214. The Hall–Kier alpha value is -1.03. The van der Waals surface area contributed by atoms with Crippen LogP contribution in [0.1, 0.15) is 36.3 Å². The molecular weight excluding hydrogens is 238 g/mol. The van der Waals surface area contributed by atoms with Crippen molar-refractivity contribution >= 4 is 17.5 Å². The highest BCUT2D eigenvalue weighted by Gasteiger charge is 2.20. The number of carbonyl (C=O) groups is 1. The summed E-state index contributed by atoms with van der Waals surface area (Å²) in [6, 6.07) is 0. The van der Waals surface area contributed by atoms with E-state index in [-0.39, 0.29) is 11.3 Å². The number of nitrogens with zero attached hydrogens (tertiary/aromatic N) is 2. The fourth-order valence-electron chi connectivity index (χ4n) is 1.48. The summed E-state index contributed by atoms with van der Waals surface area (Å²) in [5, 5.41) is 6.98. The number of alkyl halides is 1. The average molecular weight is 258 g/mol. The van der Waals surface area contributed by atoms with Gasteiger partial charge in [0.2, 0.25) is 0 Å². The lowest BCUT2D eigenvalue weighted by Gasteiger charge is -2.23. The molecule has 17 heavy (non-hydrogen) atoms. The molecule has 0 bridgehead atoms. The molecule has 1 aromatic rings. The van der Waals surface area contributed by atoms with Crippen molar-refractivity contribution in [2.75, 3.05) is 12.4 Å². The number of aryl methyl sites for hydroxylation is 1. The van der Waals surface area contributed by atoms with Gasteiger partial charge >= 0.3 is 0 Å². The number of hydrogen-bond acceptors (Lipinski definition) is 2. The number of carbonyl (C=O) groups excluding carboxylic acids is 1. The molecule has 0 fully saturated rings. The first-order valence-electron chi connectivity index (χ1n) is 5.70. The van der Waals surface area contributed by atoms with Crippen LogP contribution in [-0.4, -0.2) is 28.1 Å². The van der Waals surface area contributed by atoms with Crippen molar-refractivity contribution in [3.8, 4) is 0 Å². The molecule has 0 spiro atoms. The molecule has 0 radical (unpaired) electrons. The molecule has 1 N–H and O–H groups in total. The largest absolute Gasteiger partial charge is 0.351 e. The molecule has 4 nitrogen and oxygen atoms in total. The van der Waals surface area contributed by atoms with E-state index in [4.69, 9.17) is 11.6 Å². The zero-order valence-electron chi connectivity index (χ0n) is 10.9. The molecule has 0 unspecified atom stereocenters. The third-order valence-corrected chi connectivity index (χ3v) is 3.17. The summed E-state index contributed by atoms with van der Waals surface area (Å²) in [4.78, 5) is 11.9. The zero-order chi connectivity index (χ0) is 13.1. The molecular formula is C12H20ClN3O. The first-order chi connectivity index (χ1) is 7.87. The number of halogens is 1. The standard InChI is InChI=1S/C12H20ClN3O/c1-9-10(7-15-16(9)4)11(17)14-8-12(2,3)5-6-13/h7H,5-6,8H2,1-4H3,(H,14,17). The topological polar surface area (TPSA) is 46.9 Å². The summed E-state index contributed by atoms with van der Waals surface area (Å²) >= 11 is 5.72. The van der Waals surface area contributed by atoms with Crippen molar-refractivity contribution in [3.05, 3.63) is 17.5 Å². The number of hydrogen-bond donors (Lipinski definition) is 1. The smallest absolute Gasteiger partial charge is 0.254 e. The molecule has 0 aromatic carbocycles. The Labute approximate surface area is 107 Å². The fourth-order valence-corrected chi connectivity index (χ4v) is 1.99. The Morgan fingerprint density at radius 2 is 2.24 bits per heavy atom. The average Bonchev–Trinajstić information content (AvgIpc) is 2.57. The molecule has 0 aliphatic rings. The van der Waals surface area contributed by atoms with Gasteiger partial charge in [0.1, 0.15) is 0 Å². The van der Waals surface area contributed by atoms with E-state index in [1.165, 1.54) is 0 Å². The van der Waals surface area contributed by atoms with Gasteiger partial charge in [-0.2, -0.15) is 5.10 Å². The van der Waals surface area contributed by atoms with Gasteiger partial charge in [-0.3, -0.25) is 9.48 Å². The van der Waals surface area contributed by atoms with Crippen LogP contribution < -0.4 is 5.32 Å². The summed E-state index contributed by atoms with van der Waals surface area (Å²) in [5.74, 6) is 0.535. The van der Waals surface area contributed by atoms with E-state index in [1.807, 2.05) is 14.0 Å². The van der Waals surface area contributed by atoms with Gasteiger partial charge in [0.15, 0.2) is 0 Å². The third kappa shape index (κ3) is 3.73. The third-order valence-electron chi connectivity index (χ3n) is 2.98. The highest BCUT2D eigenvalue weighted by Crippen LogP contribution is 2.19. The van der Waals surface area contributed by atoms with Crippen LogP contribution in [0.3, 0.4) is 0 Å². The van der Waals surface area contributed by atoms with Crippen LogP contribution in [0.2, 0.25) is 0 Å². The second kappa shape index (κ2) is 5.54. The fraction of sp³-hybridized carbons (Fsp3) is 0.667. The Kier molecular flexibility index (Phi) is 4.57. The van der Waals surface area contributed by atoms with Crippen molar-refractivity contribution in [2.45, 2.75) is 27.2 Å². The maximum atomic E-state index is 11.9. The van der Waals surface area contributed by atoms with Gasteiger partial charge in [0.25, 0.3) is 5.91 Å². The molecule has 5 heteroatoms. The number of nitrogens with one attached hydrogen (secondary N) is 1. The molecule has 1 amide bonds. The van der Waals surface area contributed by atoms with E-state index < -0.39 is 0 Å². The Balaban J connectivity index is 2.59. The highest BCUT2D eigenvalue weighted by atomic mass is 35.5. The van der Waals surface area contributed by atoms with E-state index in [9.17, 15) is 4.79 Å². The van der Waals surface area contributed by atoms with Crippen LogP contribution in [0.5, 0.6) is 0 Å².